The van der Waals surface area contributed by atoms with Gasteiger partial charge in [-0.25, -0.2) is 0 Å². The maximum Gasteiger partial charge on any atom is 0.0431 e. The number of hydrogen-bond donors (Lipinski definition) is 1. The normalized spacial score (nSPS) is 21.8. The van der Waals surface area contributed by atoms with E-state index < -0.39 is 0 Å². The Kier molecular flexibility index (Phi) is 4.02. The van der Waals surface area contributed by atoms with Crippen molar-refractivity contribution in [3.8, 4) is 0 Å². The maximum atomic E-state index is 8.89. The van der Waals surface area contributed by atoms with Crippen molar-refractivity contribution < 1.29 is 5.11 Å². The summed E-state index contributed by atoms with van der Waals surface area (Å²) in [6.45, 7) is 2.59. The molecule has 1 fully saturated rings. The average molecular weight is 222 g/mol. The van der Waals surface area contributed by atoms with E-state index in [1.807, 2.05) is 0 Å². The summed E-state index contributed by atoms with van der Waals surface area (Å²) in [4.78, 5) is 2.56. The van der Waals surface area contributed by atoms with Crippen LogP contribution < -0.4 is 0 Å². The molecule has 3 heteroatoms. The number of aliphatic hydroxyl groups excluding tert-OH is 1. The predicted molar refractivity (Wildman–Crippen MR) is 65.2 cm³/mol. The van der Waals surface area contributed by atoms with Crippen LogP contribution in [0.2, 0.25) is 0 Å². The van der Waals surface area contributed by atoms with Crippen LogP contribution in [-0.2, 0) is 13.6 Å². The number of aryl methyl sites for hydroxylation is 1. The molecule has 0 spiro atoms. The van der Waals surface area contributed by atoms with Gasteiger partial charge in [-0.3, -0.25) is 4.90 Å². The minimum Gasteiger partial charge on any atom is -0.396 e. The fourth-order valence-electron chi connectivity index (χ4n) is 2.63. The van der Waals surface area contributed by atoms with Crippen molar-refractivity contribution in [1.29, 1.82) is 0 Å². The third kappa shape index (κ3) is 2.66. The number of rotatable bonds is 5. The predicted octanol–water partition coefficient (Wildman–Crippen LogP) is 1.76. The second kappa shape index (κ2) is 5.51. The van der Waals surface area contributed by atoms with Crippen molar-refractivity contribution >= 4 is 0 Å². The van der Waals surface area contributed by atoms with Gasteiger partial charge in [0.25, 0.3) is 0 Å². The number of hydrogen-bond acceptors (Lipinski definition) is 2. The highest BCUT2D eigenvalue weighted by molar-refractivity contribution is 5.06. The van der Waals surface area contributed by atoms with Crippen LogP contribution in [0.1, 0.15) is 31.4 Å². The molecule has 1 saturated heterocycles. The SMILES string of the molecule is Cn1cccc1CN1CCCC1CCCO. The van der Waals surface area contributed by atoms with Crippen LogP contribution in [0.3, 0.4) is 0 Å². The average Bonchev–Trinajstić information content (AvgIpc) is 2.87. The molecule has 0 radical (unpaired) electrons. The van der Waals surface area contributed by atoms with Gasteiger partial charge in [0, 0.05) is 38.1 Å². The monoisotopic (exact) mass is 222 g/mol. The van der Waals surface area contributed by atoms with Gasteiger partial charge in [0.2, 0.25) is 0 Å². The zero-order valence-electron chi connectivity index (χ0n) is 10.1. The van der Waals surface area contributed by atoms with Crippen LogP contribution >= 0.6 is 0 Å². The molecule has 1 aromatic rings. The van der Waals surface area contributed by atoms with E-state index in [1.54, 1.807) is 0 Å². The summed E-state index contributed by atoms with van der Waals surface area (Å²) in [5.41, 5.74) is 1.39. The summed E-state index contributed by atoms with van der Waals surface area (Å²) in [5, 5.41) is 8.89. The molecular formula is C13H22N2O. The molecule has 0 saturated carbocycles. The van der Waals surface area contributed by atoms with Crippen LogP contribution in [0.4, 0.5) is 0 Å². The zero-order chi connectivity index (χ0) is 11.4. The first-order valence-electron chi connectivity index (χ1n) is 6.26. The fourth-order valence-corrected chi connectivity index (χ4v) is 2.63. The highest BCUT2D eigenvalue weighted by atomic mass is 16.2. The second-order valence-electron chi connectivity index (χ2n) is 4.74. The van der Waals surface area contributed by atoms with Gasteiger partial charge in [0.05, 0.1) is 0 Å². The van der Waals surface area contributed by atoms with Gasteiger partial charge >= 0.3 is 0 Å². The first-order chi connectivity index (χ1) is 7.81. The van der Waals surface area contributed by atoms with E-state index in [-0.39, 0.29) is 0 Å². The largest absolute Gasteiger partial charge is 0.396 e. The number of likely N-dealkylation sites (tertiary alicyclic amines) is 1. The Bertz CT molecular complexity index is 321. The molecule has 0 aromatic carbocycles. The molecule has 1 aliphatic heterocycles. The maximum absolute atomic E-state index is 8.89. The van der Waals surface area contributed by atoms with E-state index in [4.69, 9.17) is 5.11 Å². The second-order valence-corrected chi connectivity index (χ2v) is 4.74. The third-order valence-corrected chi connectivity index (χ3v) is 3.61. The molecule has 1 unspecified atom stereocenters. The first-order valence-corrected chi connectivity index (χ1v) is 6.26. The molecule has 0 amide bonds. The van der Waals surface area contributed by atoms with E-state index in [2.05, 4.69) is 34.8 Å². The Morgan fingerprint density at radius 1 is 1.50 bits per heavy atom. The minimum atomic E-state index is 0.328. The smallest absolute Gasteiger partial charge is 0.0431 e. The van der Waals surface area contributed by atoms with E-state index in [0.717, 1.165) is 19.4 Å². The topological polar surface area (TPSA) is 28.4 Å². The van der Waals surface area contributed by atoms with E-state index in [1.165, 1.54) is 25.1 Å². The Morgan fingerprint density at radius 3 is 3.06 bits per heavy atom. The van der Waals surface area contributed by atoms with Gasteiger partial charge in [0.1, 0.15) is 0 Å². The molecule has 1 atom stereocenters. The fraction of sp³-hybridized carbons (Fsp3) is 0.692. The highest BCUT2D eigenvalue weighted by Crippen LogP contribution is 2.23. The molecule has 0 bridgehead atoms. The lowest BCUT2D eigenvalue weighted by molar-refractivity contribution is 0.207. The summed E-state index contributed by atoms with van der Waals surface area (Å²) >= 11 is 0. The lowest BCUT2D eigenvalue weighted by Gasteiger charge is -2.24. The van der Waals surface area contributed by atoms with Crippen LogP contribution in [0.15, 0.2) is 18.3 Å². The van der Waals surface area contributed by atoms with Gasteiger partial charge in [-0.05, 0) is 44.4 Å². The molecule has 1 aromatic heterocycles. The van der Waals surface area contributed by atoms with Crippen molar-refractivity contribution in [3.63, 3.8) is 0 Å². The van der Waals surface area contributed by atoms with Gasteiger partial charge < -0.3 is 9.67 Å². The third-order valence-electron chi connectivity index (χ3n) is 3.61. The number of aliphatic hydroxyl groups is 1. The summed E-state index contributed by atoms with van der Waals surface area (Å²) in [6, 6.07) is 4.98. The lowest BCUT2D eigenvalue weighted by Crippen LogP contribution is -2.29. The van der Waals surface area contributed by atoms with Gasteiger partial charge in [-0.15, -0.1) is 0 Å². The molecule has 90 valence electrons. The molecular weight excluding hydrogens is 200 g/mol. The zero-order valence-corrected chi connectivity index (χ0v) is 10.1. The van der Waals surface area contributed by atoms with E-state index in [9.17, 15) is 0 Å². The van der Waals surface area contributed by atoms with E-state index >= 15 is 0 Å². The highest BCUT2D eigenvalue weighted by Gasteiger charge is 2.24. The molecule has 1 aliphatic rings. The Hall–Kier alpha value is -0.800. The van der Waals surface area contributed by atoms with Crippen molar-refractivity contribution in [2.24, 2.45) is 7.05 Å². The van der Waals surface area contributed by atoms with Gasteiger partial charge in [-0.1, -0.05) is 0 Å². The van der Waals surface area contributed by atoms with Crippen molar-refractivity contribution in [2.75, 3.05) is 13.2 Å². The summed E-state index contributed by atoms with van der Waals surface area (Å²) in [6.07, 6.45) is 6.79. The summed E-state index contributed by atoms with van der Waals surface area (Å²) in [5.74, 6) is 0. The lowest BCUT2D eigenvalue weighted by atomic mass is 10.1. The Morgan fingerprint density at radius 2 is 2.38 bits per heavy atom. The Labute approximate surface area is 97.7 Å². The first kappa shape index (κ1) is 11.7. The van der Waals surface area contributed by atoms with Crippen molar-refractivity contribution in [2.45, 2.75) is 38.3 Å². The minimum absolute atomic E-state index is 0.328. The standard InChI is InChI=1S/C13H22N2O/c1-14-8-2-6-13(14)11-15-9-3-5-12(15)7-4-10-16/h2,6,8,12,16H,3-5,7,9-11H2,1H3. The van der Waals surface area contributed by atoms with Crippen LogP contribution in [-0.4, -0.2) is 33.8 Å². The number of nitrogens with zero attached hydrogens (tertiary/aromatic N) is 2. The van der Waals surface area contributed by atoms with Gasteiger partial charge in [-0.2, -0.15) is 0 Å². The van der Waals surface area contributed by atoms with Gasteiger partial charge in [0.15, 0.2) is 0 Å². The Balaban J connectivity index is 1.91. The van der Waals surface area contributed by atoms with Crippen LogP contribution in [0.25, 0.3) is 0 Å². The van der Waals surface area contributed by atoms with Crippen LogP contribution in [0.5, 0.6) is 0 Å². The summed E-state index contributed by atoms with van der Waals surface area (Å²) in [7, 11) is 2.11. The number of aromatic nitrogens is 1. The molecule has 16 heavy (non-hydrogen) atoms. The molecule has 2 rings (SSSR count). The van der Waals surface area contributed by atoms with E-state index in [0.29, 0.717) is 12.6 Å². The molecule has 0 aliphatic carbocycles. The van der Waals surface area contributed by atoms with Crippen molar-refractivity contribution in [1.82, 2.24) is 9.47 Å². The molecule has 2 heterocycles. The summed E-state index contributed by atoms with van der Waals surface area (Å²) < 4.78 is 2.20. The molecule has 3 nitrogen and oxygen atoms in total. The van der Waals surface area contributed by atoms with Crippen molar-refractivity contribution in [3.05, 3.63) is 24.0 Å². The van der Waals surface area contributed by atoms with Crippen LogP contribution in [0, 0.1) is 0 Å². The molecule has 1 N–H and O–H groups in total. The quantitative estimate of drug-likeness (QED) is 0.822.